The van der Waals surface area contributed by atoms with Crippen molar-refractivity contribution in [3.8, 4) is 0 Å². The predicted octanol–water partition coefficient (Wildman–Crippen LogP) is 0.719. The summed E-state index contributed by atoms with van der Waals surface area (Å²) in [6.07, 6.45) is 0.297. The Labute approximate surface area is 101 Å². The summed E-state index contributed by atoms with van der Waals surface area (Å²) in [4.78, 5) is 11.5. The minimum atomic E-state index is -0.0534. The van der Waals surface area contributed by atoms with Crippen molar-refractivity contribution < 1.29 is 9.32 Å². The molecule has 0 aromatic carbocycles. The van der Waals surface area contributed by atoms with E-state index >= 15 is 0 Å². The van der Waals surface area contributed by atoms with Crippen molar-refractivity contribution in [1.29, 1.82) is 0 Å². The SMILES string of the molecule is Cc1noc(C)c1CC(=O)N[C@H](C)CN.Cl. The molecule has 0 aliphatic carbocycles. The number of hydrogen-bond donors (Lipinski definition) is 2. The molecule has 0 bridgehead atoms. The third-order valence-corrected chi connectivity index (χ3v) is 2.28. The molecule has 0 saturated carbocycles. The first-order chi connectivity index (χ1) is 7.04. The lowest BCUT2D eigenvalue weighted by molar-refractivity contribution is -0.121. The summed E-state index contributed by atoms with van der Waals surface area (Å²) in [7, 11) is 0. The Kier molecular flexibility index (Phi) is 6.06. The highest BCUT2D eigenvalue weighted by molar-refractivity contribution is 5.85. The molecule has 5 nitrogen and oxygen atoms in total. The van der Waals surface area contributed by atoms with E-state index in [1.165, 1.54) is 0 Å². The highest BCUT2D eigenvalue weighted by Gasteiger charge is 2.14. The van der Waals surface area contributed by atoms with Crippen molar-refractivity contribution in [1.82, 2.24) is 10.5 Å². The number of halogens is 1. The molecule has 0 spiro atoms. The van der Waals surface area contributed by atoms with Crippen molar-refractivity contribution >= 4 is 18.3 Å². The van der Waals surface area contributed by atoms with Crippen LogP contribution < -0.4 is 11.1 Å². The van der Waals surface area contributed by atoms with E-state index in [4.69, 9.17) is 10.3 Å². The zero-order chi connectivity index (χ0) is 11.4. The molecule has 1 aromatic heterocycles. The first kappa shape index (κ1) is 14.9. The molecule has 1 heterocycles. The van der Waals surface area contributed by atoms with E-state index in [-0.39, 0.29) is 24.4 Å². The third kappa shape index (κ3) is 3.83. The van der Waals surface area contributed by atoms with Crippen LogP contribution in [-0.2, 0) is 11.2 Å². The highest BCUT2D eigenvalue weighted by Crippen LogP contribution is 2.12. The van der Waals surface area contributed by atoms with Crippen molar-refractivity contribution in [3.05, 3.63) is 17.0 Å². The summed E-state index contributed by atoms with van der Waals surface area (Å²) in [6.45, 7) is 5.93. The normalized spacial score (nSPS) is 11.8. The standard InChI is InChI=1S/C10H17N3O2.ClH/c1-6(5-11)12-10(14)4-9-7(2)13-15-8(9)3;/h6H,4-5,11H2,1-3H3,(H,12,14);1H/t6-;/m1./s1. The summed E-state index contributed by atoms with van der Waals surface area (Å²) in [6, 6.07) is -0.00188. The number of carbonyl (C=O) groups is 1. The molecule has 1 atom stereocenters. The minimum Gasteiger partial charge on any atom is -0.361 e. The monoisotopic (exact) mass is 247 g/mol. The van der Waals surface area contributed by atoms with Gasteiger partial charge in [-0.25, -0.2) is 0 Å². The molecule has 0 unspecified atom stereocenters. The maximum Gasteiger partial charge on any atom is 0.224 e. The molecule has 3 N–H and O–H groups in total. The number of rotatable bonds is 4. The van der Waals surface area contributed by atoms with Crippen molar-refractivity contribution in [2.45, 2.75) is 33.2 Å². The van der Waals surface area contributed by atoms with Crippen LogP contribution in [0.1, 0.15) is 23.9 Å². The molecule has 0 aliphatic rings. The Morgan fingerprint density at radius 1 is 1.56 bits per heavy atom. The number of nitrogens with two attached hydrogens (primary N) is 1. The van der Waals surface area contributed by atoms with Gasteiger partial charge in [-0.3, -0.25) is 4.79 Å². The van der Waals surface area contributed by atoms with Gasteiger partial charge in [-0.15, -0.1) is 12.4 Å². The molecule has 0 fully saturated rings. The van der Waals surface area contributed by atoms with Crippen molar-refractivity contribution in [3.63, 3.8) is 0 Å². The molecule has 0 saturated heterocycles. The largest absolute Gasteiger partial charge is 0.361 e. The molecule has 0 aliphatic heterocycles. The van der Waals surface area contributed by atoms with Crippen LogP contribution in [0.15, 0.2) is 4.52 Å². The fourth-order valence-corrected chi connectivity index (χ4v) is 1.30. The Morgan fingerprint density at radius 3 is 2.62 bits per heavy atom. The number of amides is 1. The molecule has 1 aromatic rings. The van der Waals surface area contributed by atoms with E-state index in [1.54, 1.807) is 6.92 Å². The van der Waals surface area contributed by atoms with E-state index in [0.29, 0.717) is 18.7 Å². The van der Waals surface area contributed by atoms with Gasteiger partial charge in [0.05, 0.1) is 12.1 Å². The van der Waals surface area contributed by atoms with Crippen LogP contribution in [0.4, 0.5) is 0 Å². The smallest absolute Gasteiger partial charge is 0.224 e. The van der Waals surface area contributed by atoms with Gasteiger partial charge in [0.2, 0.25) is 5.91 Å². The fraction of sp³-hybridized carbons (Fsp3) is 0.600. The van der Waals surface area contributed by atoms with Crippen LogP contribution in [-0.4, -0.2) is 23.7 Å². The van der Waals surface area contributed by atoms with E-state index in [0.717, 1.165) is 11.3 Å². The molecule has 16 heavy (non-hydrogen) atoms. The molecule has 6 heteroatoms. The Morgan fingerprint density at radius 2 is 2.19 bits per heavy atom. The number of nitrogens with one attached hydrogen (secondary N) is 1. The molecular weight excluding hydrogens is 230 g/mol. The van der Waals surface area contributed by atoms with Crippen LogP contribution in [0.25, 0.3) is 0 Å². The van der Waals surface area contributed by atoms with Gasteiger partial charge >= 0.3 is 0 Å². The van der Waals surface area contributed by atoms with Gasteiger partial charge in [0, 0.05) is 18.2 Å². The van der Waals surface area contributed by atoms with Crippen LogP contribution in [0.5, 0.6) is 0 Å². The maximum absolute atomic E-state index is 11.5. The number of hydrogen-bond acceptors (Lipinski definition) is 4. The topological polar surface area (TPSA) is 81.2 Å². The minimum absolute atomic E-state index is 0. The van der Waals surface area contributed by atoms with Crippen molar-refractivity contribution in [2.75, 3.05) is 6.54 Å². The average Bonchev–Trinajstić information content (AvgIpc) is 2.49. The average molecular weight is 248 g/mol. The van der Waals surface area contributed by atoms with Gasteiger partial charge in [0.25, 0.3) is 0 Å². The lowest BCUT2D eigenvalue weighted by Gasteiger charge is -2.10. The quantitative estimate of drug-likeness (QED) is 0.822. The van der Waals surface area contributed by atoms with Crippen LogP contribution in [0, 0.1) is 13.8 Å². The fourth-order valence-electron chi connectivity index (χ4n) is 1.30. The Balaban J connectivity index is 0.00000225. The summed E-state index contributed by atoms with van der Waals surface area (Å²) in [5.41, 5.74) is 7.03. The van der Waals surface area contributed by atoms with E-state index in [2.05, 4.69) is 10.5 Å². The molecule has 1 rings (SSSR count). The molecule has 92 valence electrons. The zero-order valence-electron chi connectivity index (χ0n) is 9.74. The van der Waals surface area contributed by atoms with Gasteiger partial charge in [-0.1, -0.05) is 5.16 Å². The Bertz CT molecular complexity index is 332. The highest BCUT2D eigenvalue weighted by atomic mass is 35.5. The molecular formula is C10H18ClN3O2. The molecule has 0 radical (unpaired) electrons. The summed E-state index contributed by atoms with van der Waals surface area (Å²) >= 11 is 0. The number of aromatic nitrogens is 1. The van der Waals surface area contributed by atoms with Crippen molar-refractivity contribution in [2.24, 2.45) is 5.73 Å². The van der Waals surface area contributed by atoms with Gasteiger partial charge in [-0.2, -0.15) is 0 Å². The molecule has 1 amide bonds. The van der Waals surface area contributed by atoms with E-state index < -0.39 is 0 Å². The summed E-state index contributed by atoms with van der Waals surface area (Å²) < 4.78 is 4.97. The number of nitrogens with zero attached hydrogens (tertiary/aromatic N) is 1. The van der Waals surface area contributed by atoms with E-state index in [1.807, 2.05) is 13.8 Å². The third-order valence-electron chi connectivity index (χ3n) is 2.28. The number of aryl methyl sites for hydroxylation is 2. The summed E-state index contributed by atoms with van der Waals surface area (Å²) in [5.74, 6) is 0.644. The van der Waals surface area contributed by atoms with E-state index in [9.17, 15) is 4.79 Å². The van der Waals surface area contributed by atoms with Crippen LogP contribution in [0.2, 0.25) is 0 Å². The second-order valence-corrected chi connectivity index (χ2v) is 3.68. The first-order valence-electron chi connectivity index (χ1n) is 4.95. The number of carbonyl (C=O) groups excluding carboxylic acids is 1. The second-order valence-electron chi connectivity index (χ2n) is 3.68. The predicted molar refractivity (Wildman–Crippen MR) is 63.6 cm³/mol. The summed E-state index contributed by atoms with van der Waals surface area (Å²) in [5, 5.41) is 6.58. The lowest BCUT2D eigenvalue weighted by Crippen LogP contribution is -2.38. The first-order valence-corrected chi connectivity index (χ1v) is 4.95. The van der Waals surface area contributed by atoms with Crippen LogP contribution in [0.3, 0.4) is 0 Å². The second kappa shape index (κ2) is 6.50. The zero-order valence-corrected chi connectivity index (χ0v) is 10.6. The maximum atomic E-state index is 11.5. The van der Waals surface area contributed by atoms with Crippen LogP contribution >= 0.6 is 12.4 Å². The van der Waals surface area contributed by atoms with Gasteiger partial charge in [0.1, 0.15) is 5.76 Å². The lowest BCUT2D eigenvalue weighted by atomic mass is 10.1. The van der Waals surface area contributed by atoms with Gasteiger partial charge in [0.15, 0.2) is 0 Å². The van der Waals surface area contributed by atoms with Gasteiger partial charge in [-0.05, 0) is 20.8 Å². The Hall–Kier alpha value is -1.07. The van der Waals surface area contributed by atoms with Gasteiger partial charge < -0.3 is 15.6 Å².